The van der Waals surface area contributed by atoms with Crippen LogP contribution in [0.3, 0.4) is 0 Å². The van der Waals surface area contributed by atoms with Gasteiger partial charge in [-0.2, -0.15) is 0 Å². The second-order valence-corrected chi connectivity index (χ2v) is 4.38. The predicted molar refractivity (Wildman–Crippen MR) is 76.6 cm³/mol. The molecule has 0 unspecified atom stereocenters. The van der Waals surface area contributed by atoms with Crippen molar-refractivity contribution in [1.29, 1.82) is 0 Å². The number of hydrogen-bond donors (Lipinski definition) is 1. The highest BCUT2D eigenvalue weighted by Gasteiger charge is 2.12. The molecule has 4 nitrogen and oxygen atoms in total. The number of ether oxygens (including phenoxy) is 2. The highest BCUT2D eigenvalue weighted by molar-refractivity contribution is 5.87. The third kappa shape index (κ3) is 6.93. The van der Waals surface area contributed by atoms with Crippen LogP contribution in [0.1, 0.15) is 29.6 Å². The topological polar surface area (TPSA) is 55.8 Å². The summed E-state index contributed by atoms with van der Waals surface area (Å²) in [6.07, 6.45) is 8.87. The maximum absolute atomic E-state index is 10.2. The summed E-state index contributed by atoms with van der Waals surface area (Å²) in [5.74, 6) is 1.55. The molecule has 1 heterocycles. The Kier molecular flexibility index (Phi) is 8.13. The van der Waals surface area contributed by atoms with Crippen LogP contribution in [0.2, 0.25) is 0 Å². The Bertz CT molecular complexity index is 416. The van der Waals surface area contributed by atoms with Crippen molar-refractivity contribution in [2.75, 3.05) is 19.8 Å². The Labute approximate surface area is 119 Å². The van der Waals surface area contributed by atoms with Gasteiger partial charge in [-0.05, 0) is 31.4 Å². The number of carbonyl (C=O) groups is 1. The Hall–Kier alpha value is -1.83. The van der Waals surface area contributed by atoms with E-state index in [0.717, 1.165) is 13.0 Å². The van der Waals surface area contributed by atoms with E-state index in [2.05, 4.69) is 5.92 Å². The summed E-state index contributed by atoms with van der Waals surface area (Å²) < 4.78 is 10.6. The molecule has 0 bridgehead atoms. The van der Waals surface area contributed by atoms with Crippen molar-refractivity contribution in [3.05, 3.63) is 35.9 Å². The van der Waals surface area contributed by atoms with E-state index < -0.39 is 5.97 Å². The average Bonchev–Trinajstić information content (AvgIpc) is 2.50. The number of rotatable bonds is 4. The lowest BCUT2D eigenvalue weighted by atomic mass is 10.1. The van der Waals surface area contributed by atoms with Gasteiger partial charge in [0.25, 0.3) is 0 Å². The van der Waals surface area contributed by atoms with Crippen LogP contribution in [0, 0.1) is 12.3 Å². The molecule has 1 saturated heterocycles. The van der Waals surface area contributed by atoms with Crippen molar-refractivity contribution in [3.63, 3.8) is 0 Å². The highest BCUT2D eigenvalue weighted by atomic mass is 16.5. The summed E-state index contributed by atoms with van der Waals surface area (Å²) >= 11 is 0. The number of hydrogen-bond acceptors (Lipinski definition) is 3. The normalized spacial score (nSPS) is 17.4. The molecular weight excluding hydrogens is 256 g/mol. The van der Waals surface area contributed by atoms with E-state index >= 15 is 0 Å². The average molecular weight is 276 g/mol. The fourth-order valence-corrected chi connectivity index (χ4v) is 1.77. The van der Waals surface area contributed by atoms with Gasteiger partial charge in [0.1, 0.15) is 6.61 Å². The summed E-state index contributed by atoms with van der Waals surface area (Å²) in [6, 6.07) is 8.30. The van der Waals surface area contributed by atoms with E-state index in [1.165, 1.54) is 12.8 Å². The first-order chi connectivity index (χ1) is 9.74. The molecule has 1 atom stereocenters. The summed E-state index contributed by atoms with van der Waals surface area (Å²) in [7, 11) is 0. The fraction of sp³-hybridized carbons (Fsp3) is 0.438. The summed E-state index contributed by atoms with van der Waals surface area (Å²) in [6.45, 7) is 1.94. The van der Waals surface area contributed by atoms with Crippen LogP contribution in [-0.4, -0.2) is 37.0 Å². The molecule has 0 radical (unpaired) electrons. The zero-order valence-electron chi connectivity index (χ0n) is 11.5. The Morgan fingerprint density at radius 2 is 2.15 bits per heavy atom. The molecule has 1 aliphatic rings. The van der Waals surface area contributed by atoms with Gasteiger partial charge in [0.05, 0.1) is 18.3 Å². The van der Waals surface area contributed by atoms with E-state index in [9.17, 15) is 4.79 Å². The van der Waals surface area contributed by atoms with Crippen LogP contribution in [-0.2, 0) is 9.47 Å². The first kappa shape index (κ1) is 16.2. The quantitative estimate of drug-likeness (QED) is 0.678. The van der Waals surface area contributed by atoms with Crippen molar-refractivity contribution < 1.29 is 19.4 Å². The van der Waals surface area contributed by atoms with Crippen LogP contribution in [0.5, 0.6) is 0 Å². The van der Waals surface area contributed by atoms with E-state index in [1.807, 2.05) is 0 Å². The highest BCUT2D eigenvalue weighted by Crippen LogP contribution is 2.12. The van der Waals surface area contributed by atoms with Gasteiger partial charge in [-0.25, -0.2) is 4.79 Å². The van der Waals surface area contributed by atoms with E-state index in [1.54, 1.807) is 30.3 Å². The smallest absolute Gasteiger partial charge is 0.335 e. The van der Waals surface area contributed by atoms with Crippen molar-refractivity contribution >= 4 is 5.97 Å². The molecule has 0 aliphatic carbocycles. The van der Waals surface area contributed by atoms with Crippen molar-refractivity contribution in [1.82, 2.24) is 0 Å². The number of carboxylic acids is 1. The minimum atomic E-state index is -0.879. The van der Waals surface area contributed by atoms with Gasteiger partial charge >= 0.3 is 5.97 Å². The van der Waals surface area contributed by atoms with Gasteiger partial charge in [0.2, 0.25) is 0 Å². The molecule has 1 aromatic rings. The molecule has 0 amide bonds. The monoisotopic (exact) mass is 276 g/mol. The van der Waals surface area contributed by atoms with Crippen LogP contribution in [0.15, 0.2) is 30.3 Å². The molecular formula is C16H20O4. The maximum atomic E-state index is 10.2. The van der Waals surface area contributed by atoms with Gasteiger partial charge in [0, 0.05) is 6.61 Å². The van der Waals surface area contributed by atoms with Crippen molar-refractivity contribution in [3.8, 4) is 12.3 Å². The predicted octanol–water partition coefficient (Wildman–Crippen LogP) is 2.59. The minimum Gasteiger partial charge on any atom is -0.478 e. The van der Waals surface area contributed by atoms with E-state index in [-0.39, 0.29) is 6.10 Å². The Morgan fingerprint density at radius 1 is 1.40 bits per heavy atom. The third-order valence-electron chi connectivity index (χ3n) is 2.78. The SMILES string of the molecule is C#CCOC[C@@H]1CCCCO1.O=C(O)c1ccccc1. The van der Waals surface area contributed by atoms with Crippen LogP contribution in [0.25, 0.3) is 0 Å². The lowest BCUT2D eigenvalue weighted by molar-refractivity contribution is -0.0345. The van der Waals surface area contributed by atoms with Crippen molar-refractivity contribution in [2.45, 2.75) is 25.4 Å². The molecule has 0 aromatic heterocycles. The van der Waals surface area contributed by atoms with Gasteiger partial charge in [0.15, 0.2) is 0 Å². The minimum absolute atomic E-state index is 0.289. The van der Waals surface area contributed by atoms with Gasteiger partial charge in [-0.15, -0.1) is 6.42 Å². The van der Waals surface area contributed by atoms with E-state index in [4.69, 9.17) is 21.0 Å². The number of aromatic carboxylic acids is 1. The Balaban J connectivity index is 0.000000204. The molecule has 1 fully saturated rings. The zero-order valence-corrected chi connectivity index (χ0v) is 11.5. The lowest BCUT2D eigenvalue weighted by Gasteiger charge is -2.21. The fourth-order valence-electron chi connectivity index (χ4n) is 1.77. The second-order valence-electron chi connectivity index (χ2n) is 4.38. The maximum Gasteiger partial charge on any atom is 0.335 e. The van der Waals surface area contributed by atoms with Crippen LogP contribution >= 0.6 is 0 Å². The van der Waals surface area contributed by atoms with Crippen molar-refractivity contribution in [2.24, 2.45) is 0 Å². The van der Waals surface area contributed by atoms with Gasteiger partial charge in [-0.1, -0.05) is 24.1 Å². The third-order valence-corrected chi connectivity index (χ3v) is 2.78. The lowest BCUT2D eigenvalue weighted by Crippen LogP contribution is -2.24. The molecule has 0 spiro atoms. The largest absolute Gasteiger partial charge is 0.478 e. The first-order valence-electron chi connectivity index (χ1n) is 6.65. The molecule has 20 heavy (non-hydrogen) atoms. The summed E-state index contributed by atoms with van der Waals surface area (Å²) in [5.41, 5.74) is 0.331. The molecule has 1 N–H and O–H groups in total. The molecule has 1 aromatic carbocycles. The Morgan fingerprint density at radius 3 is 2.65 bits per heavy atom. The molecule has 108 valence electrons. The zero-order chi connectivity index (χ0) is 14.6. The van der Waals surface area contributed by atoms with E-state index in [0.29, 0.717) is 18.8 Å². The summed E-state index contributed by atoms with van der Waals surface area (Å²) in [5, 5.41) is 8.38. The molecule has 0 saturated carbocycles. The first-order valence-corrected chi connectivity index (χ1v) is 6.65. The van der Waals surface area contributed by atoms with Gasteiger partial charge < -0.3 is 14.6 Å². The van der Waals surface area contributed by atoms with Crippen LogP contribution < -0.4 is 0 Å². The van der Waals surface area contributed by atoms with Gasteiger partial charge in [-0.3, -0.25) is 0 Å². The molecule has 1 aliphatic heterocycles. The molecule has 4 heteroatoms. The number of benzene rings is 1. The number of terminal acetylenes is 1. The molecule has 2 rings (SSSR count). The summed E-state index contributed by atoms with van der Waals surface area (Å²) in [4.78, 5) is 10.2. The number of carboxylic acid groups (broad SMARTS) is 1. The standard InChI is InChI=1S/C9H14O2.C7H6O2/c1-2-6-10-8-9-5-3-4-7-11-9;8-7(9)6-4-2-1-3-5-6/h1,9H,3-8H2;1-5H,(H,8,9)/t9-;/m0./s1. The van der Waals surface area contributed by atoms with Crippen LogP contribution in [0.4, 0.5) is 0 Å². The second kappa shape index (κ2) is 10.0.